The summed E-state index contributed by atoms with van der Waals surface area (Å²) in [7, 11) is 1.86. The summed E-state index contributed by atoms with van der Waals surface area (Å²) in [6, 6.07) is 7.25. The van der Waals surface area contributed by atoms with Gasteiger partial charge in [0.2, 0.25) is 11.8 Å². The van der Waals surface area contributed by atoms with Crippen molar-refractivity contribution < 1.29 is 9.59 Å². The van der Waals surface area contributed by atoms with Gasteiger partial charge in [0.05, 0.1) is 12.1 Å². The molecule has 1 aliphatic rings. The molecule has 3 rings (SSSR count). The Labute approximate surface area is 146 Å². The second-order valence-electron chi connectivity index (χ2n) is 6.22. The van der Waals surface area contributed by atoms with Gasteiger partial charge in [-0.3, -0.25) is 14.3 Å². The molecule has 2 N–H and O–H groups in total. The van der Waals surface area contributed by atoms with E-state index in [4.69, 9.17) is 0 Å². The van der Waals surface area contributed by atoms with Crippen molar-refractivity contribution in [3.8, 4) is 0 Å². The standard InChI is InChI=1S/C19H22N4O2/c1-3-17(24)20-14-8-6-7-13(11-14)12-18(25)21-19-15-9-4-5-10-16(15)22-23(19)2/h3,6-8,11H,1,4-5,9-10,12H2,2H3,(H,20,24)(H,21,25). The predicted octanol–water partition coefficient (Wildman–Crippen LogP) is 2.60. The summed E-state index contributed by atoms with van der Waals surface area (Å²) in [6.07, 6.45) is 5.67. The van der Waals surface area contributed by atoms with E-state index in [1.807, 2.05) is 19.2 Å². The molecule has 6 heteroatoms. The summed E-state index contributed by atoms with van der Waals surface area (Å²) in [6.45, 7) is 3.43. The molecule has 1 aliphatic carbocycles. The van der Waals surface area contributed by atoms with Gasteiger partial charge >= 0.3 is 0 Å². The van der Waals surface area contributed by atoms with Crippen LogP contribution in [0.5, 0.6) is 0 Å². The number of aryl methyl sites for hydroxylation is 2. The molecule has 0 aliphatic heterocycles. The Kier molecular flexibility index (Phi) is 4.97. The van der Waals surface area contributed by atoms with Crippen molar-refractivity contribution >= 4 is 23.3 Å². The SMILES string of the molecule is C=CC(=O)Nc1cccc(CC(=O)Nc2c3c(nn2C)CCCC3)c1. The molecule has 1 aromatic carbocycles. The Hall–Kier alpha value is -2.89. The molecule has 6 nitrogen and oxygen atoms in total. The van der Waals surface area contributed by atoms with E-state index >= 15 is 0 Å². The summed E-state index contributed by atoms with van der Waals surface area (Å²) in [5, 5.41) is 10.2. The molecular weight excluding hydrogens is 316 g/mol. The first kappa shape index (κ1) is 17.0. The normalized spacial score (nSPS) is 13.0. The van der Waals surface area contributed by atoms with Crippen LogP contribution < -0.4 is 10.6 Å². The van der Waals surface area contributed by atoms with E-state index in [0.717, 1.165) is 48.3 Å². The van der Waals surface area contributed by atoms with E-state index in [2.05, 4.69) is 22.3 Å². The largest absolute Gasteiger partial charge is 0.323 e. The third-order valence-corrected chi connectivity index (χ3v) is 4.32. The molecular formula is C19H22N4O2. The van der Waals surface area contributed by atoms with Gasteiger partial charge in [0.1, 0.15) is 5.82 Å². The highest BCUT2D eigenvalue weighted by atomic mass is 16.2. The van der Waals surface area contributed by atoms with Crippen LogP contribution in [0.2, 0.25) is 0 Å². The molecule has 1 aromatic heterocycles. The topological polar surface area (TPSA) is 76.0 Å². The Balaban J connectivity index is 1.69. The monoisotopic (exact) mass is 338 g/mol. The molecule has 0 unspecified atom stereocenters. The minimum absolute atomic E-state index is 0.0939. The molecule has 2 amide bonds. The Morgan fingerprint density at radius 1 is 1.28 bits per heavy atom. The zero-order valence-corrected chi connectivity index (χ0v) is 14.3. The lowest BCUT2D eigenvalue weighted by atomic mass is 9.97. The number of hydrogen-bond acceptors (Lipinski definition) is 3. The highest BCUT2D eigenvalue weighted by Crippen LogP contribution is 2.27. The maximum Gasteiger partial charge on any atom is 0.247 e. The van der Waals surface area contributed by atoms with E-state index < -0.39 is 0 Å². The van der Waals surface area contributed by atoms with E-state index in [1.54, 1.807) is 16.8 Å². The van der Waals surface area contributed by atoms with Crippen molar-refractivity contribution in [1.82, 2.24) is 9.78 Å². The lowest BCUT2D eigenvalue weighted by Crippen LogP contribution is -2.18. The second-order valence-corrected chi connectivity index (χ2v) is 6.22. The minimum Gasteiger partial charge on any atom is -0.323 e. The lowest BCUT2D eigenvalue weighted by Gasteiger charge is -2.12. The van der Waals surface area contributed by atoms with Crippen LogP contribution in [-0.2, 0) is 35.9 Å². The van der Waals surface area contributed by atoms with Gasteiger partial charge in [-0.15, -0.1) is 0 Å². The fraction of sp³-hybridized carbons (Fsp3) is 0.316. The van der Waals surface area contributed by atoms with Gasteiger partial charge in [-0.1, -0.05) is 18.7 Å². The number of carbonyl (C=O) groups excluding carboxylic acids is 2. The number of nitrogens with zero attached hydrogens (tertiary/aromatic N) is 2. The number of carbonyl (C=O) groups is 2. The average Bonchev–Trinajstić information content (AvgIpc) is 2.90. The van der Waals surface area contributed by atoms with Crippen molar-refractivity contribution in [2.24, 2.45) is 7.05 Å². The molecule has 0 atom stereocenters. The fourth-order valence-corrected chi connectivity index (χ4v) is 3.15. The van der Waals surface area contributed by atoms with Crippen molar-refractivity contribution in [3.63, 3.8) is 0 Å². The summed E-state index contributed by atoms with van der Waals surface area (Å²) in [5.41, 5.74) is 3.73. The molecule has 0 saturated heterocycles. The van der Waals surface area contributed by atoms with E-state index in [1.165, 1.54) is 6.08 Å². The molecule has 0 radical (unpaired) electrons. The number of amides is 2. The first-order valence-corrected chi connectivity index (χ1v) is 8.44. The lowest BCUT2D eigenvalue weighted by molar-refractivity contribution is -0.115. The van der Waals surface area contributed by atoms with Crippen LogP contribution in [0.4, 0.5) is 11.5 Å². The number of benzene rings is 1. The maximum atomic E-state index is 12.5. The smallest absolute Gasteiger partial charge is 0.247 e. The van der Waals surface area contributed by atoms with E-state index in [0.29, 0.717) is 5.69 Å². The Morgan fingerprint density at radius 3 is 2.88 bits per heavy atom. The van der Waals surface area contributed by atoms with Crippen molar-refractivity contribution in [2.45, 2.75) is 32.1 Å². The van der Waals surface area contributed by atoms with E-state index in [9.17, 15) is 9.59 Å². The van der Waals surface area contributed by atoms with Gasteiger partial charge in [-0.2, -0.15) is 5.10 Å². The minimum atomic E-state index is -0.275. The molecule has 0 fully saturated rings. The highest BCUT2D eigenvalue weighted by molar-refractivity contribution is 5.99. The second kappa shape index (κ2) is 7.34. The Bertz CT molecular complexity index is 823. The highest BCUT2D eigenvalue weighted by Gasteiger charge is 2.20. The van der Waals surface area contributed by atoms with Gasteiger partial charge in [-0.25, -0.2) is 0 Å². The third kappa shape index (κ3) is 3.96. The summed E-state index contributed by atoms with van der Waals surface area (Å²) in [5.74, 6) is 0.433. The van der Waals surface area contributed by atoms with Crippen LogP contribution >= 0.6 is 0 Å². The van der Waals surface area contributed by atoms with Gasteiger partial charge in [0.25, 0.3) is 0 Å². The molecule has 0 spiro atoms. The van der Waals surface area contributed by atoms with Crippen LogP contribution in [0.3, 0.4) is 0 Å². The molecule has 25 heavy (non-hydrogen) atoms. The third-order valence-electron chi connectivity index (χ3n) is 4.32. The number of anilines is 2. The molecule has 130 valence electrons. The molecule has 0 bridgehead atoms. The Morgan fingerprint density at radius 2 is 2.08 bits per heavy atom. The van der Waals surface area contributed by atoms with Crippen LogP contribution in [0.1, 0.15) is 29.7 Å². The summed E-state index contributed by atoms with van der Waals surface area (Å²) >= 11 is 0. The molecule has 0 saturated carbocycles. The van der Waals surface area contributed by atoms with Crippen LogP contribution in [0.25, 0.3) is 0 Å². The quantitative estimate of drug-likeness (QED) is 0.823. The van der Waals surface area contributed by atoms with Crippen molar-refractivity contribution in [2.75, 3.05) is 10.6 Å². The first-order valence-electron chi connectivity index (χ1n) is 8.44. The summed E-state index contributed by atoms with van der Waals surface area (Å²) in [4.78, 5) is 23.8. The van der Waals surface area contributed by atoms with Crippen molar-refractivity contribution in [1.29, 1.82) is 0 Å². The first-order chi connectivity index (χ1) is 12.1. The molecule has 2 aromatic rings. The van der Waals surface area contributed by atoms with Crippen LogP contribution in [0.15, 0.2) is 36.9 Å². The number of nitrogens with one attached hydrogen (secondary N) is 2. The number of hydrogen-bond donors (Lipinski definition) is 2. The van der Waals surface area contributed by atoms with Crippen LogP contribution in [0, 0.1) is 0 Å². The summed E-state index contributed by atoms with van der Waals surface area (Å²) < 4.78 is 1.76. The van der Waals surface area contributed by atoms with Gasteiger partial charge in [-0.05, 0) is 49.5 Å². The zero-order valence-electron chi connectivity index (χ0n) is 14.3. The van der Waals surface area contributed by atoms with Crippen molar-refractivity contribution in [3.05, 3.63) is 53.7 Å². The van der Waals surface area contributed by atoms with Gasteiger partial charge in [0.15, 0.2) is 0 Å². The molecule has 1 heterocycles. The fourth-order valence-electron chi connectivity index (χ4n) is 3.15. The zero-order chi connectivity index (χ0) is 17.8. The van der Waals surface area contributed by atoms with E-state index in [-0.39, 0.29) is 18.2 Å². The predicted molar refractivity (Wildman–Crippen MR) is 97.5 cm³/mol. The number of fused-ring (bicyclic) bond motifs is 1. The van der Waals surface area contributed by atoms with Crippen LogP contribution in [-0.4, -0.2) is 21.6 Å². The number of rotatable bonds is 5. The number of aromatic nitrogens is 2. The maximum absolute atomic E-state index is 12.5. The van der Waals surface area contributed by atoms with Gasteiger partial charge < -0.3 is 10.6 Å². The average molecular weight is 338 g/mol. The van der Waals surface area contributed by atoms with Gasteiger partial charge in [0, 0.05) is 18.3 Å².